The number of hydrogen-bond donors (Lipinski definition) is 2. The SMILES string of the molecule is Cc1csc(NC(=O)CSc2nnc(CNC(=O)/C=C/c3ccccc3Cl)n2C)n1. The fraction of sp³-hybridized carbons (Fsp3) is 0.211. The van der Waals surface area contributed by atoms with Gasteiger partial charge in [-0.3, -0.25) is 9.59 Å². The molecule has 1 aromatic carbocycles. The molecule has 0 saturated carbocycles. The first-order chi connectivity index (χ1) is 14.4. The molecule has 11 heteroatoms. The number of carbonyl (C=O) groups excluding carboxylic acids is 2. The molecule has 0 saturated heterocycles. The molecular weight excluding hydrogens is 444 g/mol. The summed E-state index contributed by atoms with van der Waals surface area (Å²) in [5.74, 6) is 0.312. The van der Waals surface area contributed by atoms with Gasteiger partial charge in [-0.15, -0.1) is 21.5 Å². The summed E-state index contributed by atoms with van der Waals surface area (Å²) in [5.41, 5.74) is 1.63. The lowest BCUT2D eigenvalue weighted by Gasteiger charge is -2.05. The summed E-state index contributed by atoms with van der Waals surface area (Å²) in [5, 5.41) is 17.3. The number of nitrogens with one attached hydrogen (secondary N) is 2. The van der Waals surface area contributed by atoms with Crippen LogP contribution in [0.1, 0.15) is 17.1 Å². The average molecular weight is 463 g/mol. The Balaban J connectivity index is 1.48. The number of anilines is 1. The van der Waals surface area contributed by atoms with Crippen molar-refractivity contribution in [2.75, 3.05) is 11.1 Å². The lowest BCUT2D eigenvalue weighted by Crippen LogP contribution is -2.22. The Labute approximate surface area is 186 Å². The molecule has 0 spiro atoms. The second-order valence-electron chi connectivity index (χ2n) is 6.16. The third kappa shape index (κ3) is 6.15. The third-order valence-electron chi connectivity index (χ3n) is 3.86. The molecule has 2 N–H and O–H groups in total. The summed E-state index contributed by atoms with van der Waals surface area (Å²) in [4.78, 5) is 28.3. The summed E-state index contributed by atoms with van der Waals surface area (Å²) in [6, 6.07) is 7.26. The van der Waals surface area contributed by atoms with E-state index in [1.54, 1.807) is 23.8 Å². The minimum atomic E-state index is -0.273. The zero-order valence-corrected chi connectivity index (χ0v) is 18.6. The van der Waals surface area contributed by atoms with Crippen molar-refractivity contribution in [1.29, 1.82) is 0 Å². The molecule has 0 unspecified atom stereocenters. The zero-order chi connectivity index (χ0) is 21.5. The lowest BCUT2D eigenvalue weighted by molar-refractivity contribution is -0.116. The highest BCUT2D eigenvalue weighted by Crippen LogP contribution is 2.18. The van der Waals surface area contributed by atoms with E-state index in [9.17, 15) is 9.59 Å². The maximum Gasteiger partial charge on any atom is 0.244 e. The van der Waals surface area contributed by atoms with Gasteiger partial charge in [-0.2, -0.15) is 0 Å². The Morgan fingerprint density at radius 2 is 2.10 bits per heavy atom. The van der Waals surface area contributed by atoms with Crippen LogP contribution in [0.25, 0.3) is 6.08 Å². The highest BCUT2D eigenvalue weighted by atomic mass is 35.5. The van der Waals surface area contributed by atoms with Crippen LogP contribution in [0.5, 0.6) is 0 Å². The number of aryl methyl sites for hydroxylation is 1. The number of aromatic nitrogens is 4. The van der Waals surface area contributed by atoms with Gasteiger partial charge in [0.05, 0.1) is 18.0 Å². The normalized spacial score (nSPS) is 11.0. The molecule has 2 amide bonds. The van der Waals surface area contributed by atoms with Gasteiger partial charge in [-0.1, -0.05) is 41.6 Å². The maximum absolute atomic E-state index is 12.0. The van der Waals surface area contributed by atoms with Gasteiger partial charge in [-0.05, 0) is 24.6 Å². The van der Waals surface area contributed by atoms with Crippen LogP contribution in [-0.4, -0.2) is 37.3 Å². The summed E-state index contributed by atoms with van der Waals surface area (Å²) in [6.07, 6.45) is 3.07. The third-order valence-corrected chi connectivity index (χ3v) is 6.10. The van der Waals surface area contributed by atoms with E-state index in [2.05, 4.69) is 25.8 Å². The maximum atomic E-state index is 12.0. The van der Waals surface area contributed by atoms with Crippen LogP contribution in [0.15, 0.2) is 40.9 Å². The number of rotatable bonds is 8. The zero-order valence-electron chi connectivity index (χ0n) is 16.3. The Bertz CT molecular complexity index is 1080. The van der Waals surface area contributed by atoms with Crippen molar-refractivity contribution in [2.45, 2.75) is 18.6 Å². The Kier molecular flexibility index (Phi) is 7.61. The molecule has 3 aromatic rings. The predicted octanol–water partition coefficient (Wildman–Crippen LogP) is 3.29. The lowest BCUT2D eigenvalue weighted by atomic mass is 10.2. The Morgan fingerprint density at radius 3 is 2.83 bits per heavy atom. The van der Waals surface area contributed by atoms with Gasteiger partial charge in [0.15, 0.2) is 16.1 Å². The number of nitrogens with zero attached hydrogens (tertiary/aromatic N) is 4. The molecule has 0 bridgehead atoms. The van der Waals surface area contributed by atoms with Crippen molar-refractivity contribution in [2.24, 2.45) is 7.05 Å². The van der Waals surface area contributed by atoms with Gasteiger partial charge in [0, 0.05) is 23.5 Å². The molecule has 8 nitrogen and oxygen atoms in total. The minimum Gasteiger partial charge on any atom is -0.345 e. The number of halogens is 1. The van der Waals surface area contributed by atoms with Crippen molar-refractivity contribution in [3.05, 3.63) is 57.8 Å². The van der Waals surface area contributed by atoms with Crippen molar-refractivity contribution in [3.63, 3.8) is 0 Å². The number of thiazole rings is 1. The van der Waals surface area contributed by atoms with E-state index in [4.69, 9.17) is 11.6 Å². The molecule has 0 fully saturated rings. The van der Waals surface area contributed by atoms with Crippen LogP contribution in [-0.2, 0) is 23.2 Å². The fourth-order valence-corrected chi connectivity index (χ4v) is 3.96. The van der Waals surface area contributed by atoms with Crippen molar-refractivity contribution in [3.8, 4) is 0 Å². The predicted molar refractivity (Wildman–Crippen MR) is 120 cm³/mol. The second kappa shape index (κ2) is 10.4. The summed E-state index contributed by atoms with van der Waals surface area (Å²) < 4.78 is 1.74. The first-order valence-electron chi connectivity index (χ1n) is 8.86. The summed E-state index contributed by atoms with van der Waals surface area (Å²) >= 11 is 8.70. The highest BCUT2D eigenvalue weighted by molar-refractivity contribution is 7.99. The van der Waals surface area contributed by atoms with E-state index in [0.717, 1.165) is 11.3 Å². The van der Waals surface area contributed by atoms with Crippen molar-refractivity contribution < 1.29 is 9.59 Å². The molecular formula is C19H19ClN6O2S2. The molecule has 0 aliphatic heterocycles. The van der Waals surface area contributed by atoms with E-state index >= 15 is 0 Å². The van der Waals surface area contributed by atoms with Gasteiger partial charge in [-0.25, -0.2) is 4.98 Å². The van der Waals surface area contributed by atoms with Crippen LogP contribution < -0.4 is 10.6 Å². The van der Waals surface area contributed by atoms with Gasteiger partial charge < -0.3 is 15.2 Å². The number of carbonyl (C=O) groups is 2. The molecule has 2 aromatic heterocycles. The van der Waals surface area contributed by atoms with Crippen molar-refractivity contribution >= 4 is 57.7 Å². The second-order valence-corrected chi connectivity index (χ2v) is 8.37. The molecule has 0 radical (unpaired) electrons. The monoisotopic (exact) mass is 462 g/mol. The molecule has 30 heavy (non-hydrogen) atoms. The van der Waals surface area contributed by atoms with Gasteiger partial charge >= 0.3 is 0 Å². The number of hydrogen-bond acceptors (Lipinski definition) is 7. The molecule has 156 valence electrons. The van der Waals surface area contributed by atoms with Crippen LogP contribution >= 0.6 is 34.7 Å². The van der Waals surface area contributed by atoms with E-state index in [1.165, 1.54) is 29.2 Å². The quantitative estimate of drug-likeness (QED) is 0.393. The molecule has 2 heterocycles. The van der Waals surface area contributed by atoms with Crippen LogP contribution in [0, 0.1) is 6.92 Å². The number of thioether (sulfide) groups is 1. The highest BCUT2D eigenvalue weighted by Gasteiger charge is 2.13. The number of benzene rings is 1. The Hall–Kier alpha value is -2.69. The van der Waals surface area contributed by atoms with Gasteiger partial charge in [0.25, 0.3) is 0 Å². The minimum absolute atomic E-state index is 0.170. The first-order valence-corrected chi connectivity index (χ1v) is 11.1. The standard InChI is InChI=1S/C19H19ClN6O2S2/c1-12-10-29-18(22-12)23-17(28)11-30-19-25-24-15(26(19)2)9-21-16(27)8-7-13-5-3-4-6-14(13)20/h3-8,10H,9,11H2,1-2H3,(H,21,27)(H,22,23,28)/b8-7+. The smallest absolute Gasteiger partial charge is 0.244 e. The average Bonchev–Trinajstić information content (AvgIpc) is 3.29. The van der Waals surface area contributed by atoms with Crippen LogP contribution in [0.4, 0.5) is 5.13 Å². The molecule has 3 rings (SSSR count). The van der Waals surface area contributed by atoms with E-state index < -0.39 is 0 Å². The summed E-state index contributed by atoms with van der Waals surface area (Å²) in [6.45, 7) is 2.08. The molecule has 0 aliphatic rings. The largest absolute Gasteiger partial charge is 0.345 e. The summed E-state index contributed by atoms with van der Waals surface area (Å²) in [7, 11) is 1.78. The van der Waals surface area contributed by atoms with Crippen molar-refractivity contribution in [1.82, 2.24) is 25.1 Å². The number of amides is 2. The van der Waals surface area contributed by atoms with E-state index in [0.29, 0.717) is 21.1 Å². The van der Waals surface area contributed by atoms with Crippen LogP contribution in [0.3, 0.4) is 0 Å². The van der Waals surface area contributed by atoms with E-state index in [-0.39, 0.29) is 24.1 Å². The first kappa shape index (κ1) is 22.0. The molecule has 0 aliphatic carbocycles. The topological polar surface area (TPSA) is 102 Å². The van der Waals surface area contributed by atoms with Crippen LogP contribution in [0.2, 0.25) is 5.02 Å². The fourth-order valence-electron chi connectivity index (χ4n) is 2.32. The molecule has 0 atom stereocenters. The van der Waals surface area contributed by atoms with Gasteiger partial charge in [0.2, 0.25) is 11.8 Å². The van der Waals surface area contributed by atoms with E-state index in [1.807, 2.05) is 30.5 Å². The Morgan fingerprint density at radius 1 is 1.30 bits per heavy atom. The van der Waals surface area contributed by atoms with Gasteiger partial charge in [0.1, 0.15) is 0 Å².